The second kappa shape index (κ2) is 7.79. The summed E-state index contributed by atoms with van der Waals surface area (Å²) in [5, 5.41) is 19.1. The van der Waals surface area contributed by atoms with Crippen molar-refractivity contribution in [2.24, 2.45) is 7.05 Å². The highest BCUT2D eigenvalue weighted by atomic mass is 16.5. The van der Waals surface area contributed by atoms with Crippen LogP contribution in [0.3, 0.4) is 0 Å². The Bertz CT molecular complexity index is 1380. The largest absolute Gasteiger partial charge is 0.493 e. The Morgan fingerprint density at radius 2 is 1.87 bits per heavy atom. The maximum atomic E-state index is 12.7. The Labute approximate surface area is 177 Å². The number of hydrogen-bond acceptors (Lipinski definition) is 8. The standard InChI is InChI=1S/C21H20N8O2/c1-11-8-16(24-12(2)23-11)26-17-9-15(18-20(27-17)28-29(3)21(18)30)25-14-7-5-6-13(10-22)19(14)31-4/h5-9H,1-4H3,(H3,23,24,25,26,27,28). The van der Waals surface area contributed by atoms with Crippen molar-refractivity contribution in [3.05, 3.63) is 57.8 Å². The van der Waals surface area contributed by atoms with Crippen molar-refractivity contribution < 1.29 is 4.74 Å². The summed E-state index contributed by atoms with van der Waals surface area (Å²) in [4.78, 5) is 25.9. The van der Waals surface area contributed by atoms with E-state index in [1.54, 1.807) is 37.4 Å². The van der Waals surface area contributed by atoms with Crippen LogP contribution in [0.5, 0.6) is 5.75 Å². The van der Waals surface area contributed by atoms with E-state index in [2.05, 4.69) is 36.8 Å². The van der Waals surface area contributed by atoms with Crippen molar-refractivity contribution in [1.82, 2.24) is 24.7 Å². The Morgan fingerprint density at radius 1 is 1.10 bits per heavy atom. The molecule has 156 valence electrons. The third kappa shape index (κ3) is 3.76. The molecule has 0 spiro atoms. The lowest BCUT2D eigenvalue weighted by Gasteiger charge is -2.14. The summed E-state index contributed by atoms with van der Waals surface area (Å²) in [5.41, 5.74) is 2.42. The van der Waals surface area contributed by atoms with Crippen molar-refractivity contribution in [2.75, 3.05) is 17.7 Å². The molecule has 4 aromatic rings. The van der Waals surface area contributed by atoms with E-state index in [9.17, 15) is 10.1 Å². The Kier molecular flexibility index (Phi) is 5.00. The first kappa shape index (κ1) is 19.9. The molecule has 0 fully saturated rings. The van der Waals surface area contributed by atoms with E-state index in [1.807, 2.05) is 13.8 Å². The topological polar surface area (TPSA) is 134 Å². The molecule has 0 amide bonds. The number of nitrogens with zero attached hydrogens (tertiary/aromatic N) is 5. The van der Waals surface area contributed by atoms with Gasteiger partial charge >= 0.3 is 0 Å². The van der Waals surface area contributed by atoms with Gasteiger partial charge in [0, 0.05) is 24.9 Å². The van der Waals surface area contributed by atoms with Crippen LogP contribution in [0.15, 0.2) is 35.1 Å². The van der Waals surface area contributed by atoms with E-state index < -0.39 is 0 Å². The van der Waals surface area contributed by atoms with Crippen LogP contribution in [0.1, 0.15) is 17.1 Å². The molecule has 0 saturated heterocycles. The van der Waals surface area contributed by atoms with Gasteiger partial charge in [-0.2, -0.15) is 5.26 Å². The summed E-state index contributed by atoms with van der Waals surface area (Å²) in [6, 6.07) is 10.8. The molecule has 0 bridgehead atoms. The van der Waals surface area contributed by atoms with Crippen molar-refractivity contribution in [2.45, 2.75) is 13.8 Å². The van der Waals surface area contributed by atoms with E-state index in [0.717, 1.165) is 5.69 Å². The number of H-pyrrole nitrogens is 1. The van der Waals surface area contributed by atoms with Gasteiger partial charge < -0.3 is 15.4 Å². The molecule has 0 radical (unpaired) electrons. The minimum atomic E-state index is -0.235. The van der Waals surface area contributed by atoms with Gasteiger partial charge in [0.05, 0.1) is 24.0 Å². The lowest BCUT2D eigenvalue weighted by atomic mass is 10.1. The molecule has 1 aromatic carbocycles. The maximum absolute atomic E-state index is 12.7. The molecule has 0 saturated carbocycles. The second-order valence-electron chi connectivity index (χ2n) is 6.94. The van der Waals surface area contributed by atoms with Crippen LogP contribution in [0.4, 0.5) is 23.0 Å². The number of nitriles is 1. The minimum absolute atomic E-state index is 0.235. The van der Waals surface area contributed by atoms with E-state index in [0.29, 0.717) is 51.2 Å². The fraction of sp³-hybridized carbons (Fsp3) is 0.190. The van der Waals surface area contributed by atoms with Crippen LogP contribution in [0.2, 0.25) is 0 Å². The summed E-state index contributed by atoms with van der Waals surface area (Å²) in [6.07, 6.45) is 0. The molecule has 3 aromatic heterocycles. The van der Waals surface area contributed by atoms with Crippen molar-refractivity contribution in [3.8, 4) is 11.8 Å². The lowest BCUT2D eigenvalue weighted by molar-refractivity contribution is 0.415. The summed E-state index contributed by atoms with van der Waals surface area (Å²) < 4.78 is 6.77. The molecule has 0 unspecified atom stereocenters. The number of ether oxygens (including phenoxy) is 1. The molecule has 0 aliphatic rings. The third-order valence-electron chi connectivity index (χ3n) is 4.64. The average Bonchev–Trinajstić information content (AvgIpc) is 3.00. The Balaban J connectivity index is 1.84. The first-order chi connectivity index (χ1) is 14.9. The Hall–Kier alpha value is -4.39. The highest BCUT2D eigenvalue weighted by Gasteiger charge is 2.16. The lowest BCUT2D eigenvalue weighted by Crippen LogP contribution is -2.12. The van der Waals surface area contributed by atoms with Gasteiger partial charge in [-0.05, 0) is 26.0 Å². The second-order valence-corrected chi connectivity index (χ2v) is 6.94. The predicted molar refractivity (Wildman–Crippen MR) is 117 cm³/mol. The van der Waals surface area contributed by atoms with Crippen molar-refractivity contribution in [1.29, 1.82) is 5.26 Å². The zero-order valence-electron chi connectivity index (χ0n) is 17.4. The SMILES string of the molecule is COc1c(C#N)cccc1Nc1cc(Nc2cc(C)nc(C)n2)nc2[nH]n(C)c(=O)c12. The summed E-state index contributed by atoms with van der Waals surface area (Å²) >= 11 is 0. The zero-order valence-corrected chi connectivity index (χ0v) is 17.4. The molecule has 0 aliphatic heterocycles. The molecular formula is C21H20N8O2. The number of hydrogen-bond donors (Lipinski definition) is 3. The van der Waals surface area contributed by atoms with E-state index >= 15 is 0 Å². The molecular weight excluding hydrogens is 396 g/mol. The predicted octanol–water partition coefficient (Wildman–Crippen LogP) is 3.04. The van der Waals surface area contributed by atoms with Gasteiger partial charge in [-0.3, -0.25) is 14.6 Å². The summed E-state index contributed by atoms with van der Waals surface area (Å²) in [5.74, 6) is 2.09. The smallest absolute Gasteiger partial charge is 0.277 e. The zero-order chi connectivity index (χ0) is 22.1. The van der Waals surface area contributed by atoms with Gasteiger partial charge in [0.1, 0.15) is 28.9 Å². The van der Waals surface area contributed by atoms with Crippen molar-refractivity contribution in [3.63, 3.8) is 0 Å². The Morgan fingerprint density at radius 3 is 2.58 bits per heavy atom. The number of nitrogens with one attached hydrogen (secondary N) is 3. The first-order valence-electron chi connectivity index (χ1n) is 9.42. The van der Waals surface area contributed by atoms with Crippen LogP contribution >= 0.6 is 0 Å². The number of pyridine rings is 1. The molecule has 10 nitrogen and oxygen atoms in total. The molecule has 0 atom stereocenters. The number of methoxy groups -OCH3 is 1. The summed E-state index contributed by atoms with van der Waals surface area (Å²) in [6.45, 7) is 3.69. The third-order valence-corrected chi connectivity index (χ3v) is 4.64. The van der Waals surface area contributed by atoms with E-state index in [1.165, 1.54) is 11.8 Å². The molecule has 10 heteroatoms. The van der Waals surface area contributed by atoms with Gasteiger partial charge in [-0.15, -0.1) is 0 Å². The highest BCUT2D eigenvalue weighted by molar-refractivity contribution is 5.93. The number of aryl methyl sites for hydroxylation is 3. The highest BCUT2D eigenvalue weighted by Crippen LogP contribution is 2.33. The van der Waals surface area contributed by atoms with Gasteiger partial charge in [-0.1, -0.05) is 6.07 Å². The van der Waals surface area contributed by atoms with Crippen LogP contribution in [-0.4, -0.2) is 31.8 Å². The van der Waals surface area contributed by atoms with Gasteiger partial charge in [-0.25, -0.2) is 15.0 Å². The molecule has 31 heavy (non-hydrogen) atoms. The molecule has 4 rings (SSSR count). The van der Waals surface area contributed by atoms with Crippen LogP contribution in [0.25, 0.3) is 11.0 Å². The van der Waals surface area contributed by atoms with Gasteiger partial charge in [0.2, 0.25) is 0 Å². The fourth-order valence-electron chi connectivity index (χ4n) is 3.38. The maximum Gasteiger partial charge on any atom is 0.277 e. The van der Waals surface area contributed by atoms with Crippen LogP contribution in [0, 0.1) is 25.2 Å². The monoisotopic (exact) mass is 416 g/mol. The van der Waals surface area contributed by atoms with Crippen LogP contribution in [-0.2, 0) is 7.05 Å². The quantitative estimate of drug-likeness (QED) is 0.452. The molecule has 3 heterocycles. The number of para-hydroxylation sites is 1. The van der Waals surface area contributed by atoms with Gasteiger partial charge in [0.25, 0.3) is 5.56 Å². The number of benzene rings is 1. The number of fused-ring (bicyclic) bond motifs is 1. The number of aromatic amines is 1. The van der Waals surface area contributed by atoms with E-state index in [-0.39, 0.29) is 5.56 Å². The van der Waals surface area contributed by atoms with Crippen molar-refractivity contribution >= 4 is 34.0 Å². The molecule has 0 aliphatic carbocycles. The fourth-order valence-corrected chi connectivity index (χ4v) is 3.38. The van der Waals surface area contributed by atoms with Gasteiger partial charge in [0.15, 0.2) is 11.4 Å². The normalized spacial score (nSPS) is 10.7. The van der Waals surface area contributed by atoms with Crippen LogP contribution < -0.4 is 20.9 Å². The number of rotatable bonds is 5. The number of aromatic nitrogens is 5. The molecule has 3 N–H and O–H groups in total. The number of anilines is 4. The first-order valence-corrected chi connectivity index (χ1v) is 9.42. The van der Waals surface area contributed by atoms with E-state index in [4.69, 9.17) is 4.74 Å². The minimum Gasteiger partial charge on any atom is -0.493 e. The average molecular weight is 416 g/mol. The summed E-state index contributed by atoms with van der Waals surface area (Å²) in [7, 11) is 3.11.